The Labute approximate surface area is 155 Å². The highest BCUT2D eigenvalue weighted by molar-refractivity contribution is 5.79. The van der Waals surface area contributed by atoms with E-state index in [0.717, 1.165) is 32.2 Å². The number of hydrogen-bond donors (Lipinski definition) is 1. The summed E-state index contributed by atoms with van der Waals surface area (Å²) in [5, 5.41) is 3.63. The second kappa shape index (κ2) is 9.22. The molecule has 0 aromatic rings. The number of ether oxygens (including phenoxy) is 1. The van der Waals surface area contributed by atoms with Crippen molar-refractivity contribution in [1.29, 1.82) is 0 Å². The number of likely N-dealkylation sites (tertiary alicyclic amines) is 1. The lowest BCUT2D eigenvalue weighted by atomic mass is 9.78. The van der Waals surface area contributed by atoms with Gasteiger partial charge in [0.1, 0.15) is 0 Å². The maximum absolute atomic E-state index is 6.12. The molecule has 0 spiro atoms. The standard InChI is InChI=1S/C20H40N4O/c1-7-24-12-8-11-17(24)15-23(6)19(21-5)22-14-16-10-9-13-25-18(16)20(2,3)4/h16-18H,7-15H2,1-6H3,(H,21,22). The summed E-state index contributed by atoms with van der Waals surface area (Å²) in [4.78, 5) is 9.42. The molecule has 2 saturated heterocycles. The predicted molar refractivity (Wildman–Crippen MR) is 106 cm³/mol. The predicted octanol–water partition coefficient (Wildman–Crippen LogP) is 2.82. The average molecular weight is 353 g/mol. The number of guanidine groups is 1. The first-order valence-electron chi connectivity index (χ1n) is 10.1. The molecule has 3 atom stereocenters. The van der Waals surface area contributed by atoms with Crippen LogP contribution < -0.4 is 5.32 Å². The maximum atomic E-state index is 6.12. The molecule has 5 heteroatoms. The molecule has 0 saturated carbocycles. The van der Waals surface area contributed by atoms with Gasteiger partial charge in [-0.05, 0) is 44.2 Å². The van der Waals surface area contributed by atoms with Crippen LogP contribution >= 0.6 is 0 Å². The summed E-state index contributed by atoms with van der Waals surface area (Å²) in [5.41, 5.74) is 0.188. The fourth-order valence-corrected chi connectivity index (χ4v) is 4.54. The van der Waals surface area contributed by atoms with Crippen LogP contribution in [0.2, 0.25) is 0 Å². The van der Waals surface area contributed by atoms with Crippen molar-refractivity contribution in [2.75, 3.05) is 46.9 Å². The van der Waals surface area contributed by atoms with E-state index in [1.54, 1.807) is 0 Å². The zero-order valence-electron chi connectivity index (χ0n) is 17.3. The largest absolute Gasteiger partial charge is 0.377 e. The van der Waals surface area contributed by atoms with Gasteiger partial charge in [0.15, 0.2) is 5.96 Å². The van der Waals surface area contributed by atoms with Crippen LogP contribution in [0, 0.1) is 11.3 Å². The Kier molecular flexibility index (Phi) is 7.56. The zero-order chi connectivity index (χ0) is 18.4. The minimum atomic E-state index is 0.188. The number of nitrogens with zero attached hydrogens (tertiary/aromatic N) is 3. The van der Waals surface area contributed by atoms with Crippen molar-refractivity contribution in [1.82, 2.24) is 15.1 Å². The molecule has 146 valence electrons. The molecule has 0 radical (unpaired) electrons. The highest BCUT2D eigenvalue weighted by Crippen LogP contribution is 2.33. The van der Waals surface area contributed by atoms with E-state index < -0.39 is 0 Å². The van der Waals surface area contributed by atoms with Crippen molar-refractivity contribution < 1.29 is 4.74 Å². The second-order valence-electron chi connectivity index (χ2n) is 8.79. The van der Waals surface area contributed by atoms with Gasteiger partial charge in [0, 0.05) is 45.8 Å². The lowest BCUT2D eigenvalue weighted by Crippen LogP contribution is -2.49. The third-order valence-corrected chi connectivity index (χ3v) is 5.78. The smallest absolute Gasteiger partial charge is 0.193 e. The molecule has 0 aromatic carbocycles. The molecule has 0 aliphatic carbocycles. The van der Waals surface area contributed by atoms with Crippen LogP contribution in [-0.4, -0.2) is 74.8 Å². The van der Waals surface area contributed by atoms with E-state index in [9.17, 15) is 0 Å². The summed E-state index contributed by atoms with van der Waals surface area (Å²) in [5.74, 6) is 1.57. The molecule has 25 heavy (non-hydrogen) atoms. The van der Waals surface area contributed by atoms with Gasteiger partial charge < -0.3 is 15.0 Å². The van der Waals surface area contributed by atoms with Gasteiger partial charge in [-0.25, -0.2) is 0 Å². The third kappa shape index (κ3) is 5.58. The van der Waals surface area contributed by atoms with Crippen LogP contribution in [0.3, 0.4) is 0 Å². The van der Waals surface area contributed by atoms with Gasteiger partial charge in [0.25, 0.3) is 0 Å². The Morgan fingerprint density at radius 1 is 1.28 bits per heavy atom. The molecule has 1 N–H and O–H groups in total. The van der Waals surface area contributed by atoms with Gasteiger partial charge in [-0.1, -0.05) is 27.7 Å². The van der Waals surface area contributed by atoms with E-state index in [4.69, 9.17) is 4.74 Å². The van der Waals surface area contributed by atoms with E-state index >= 15 is 0 Å². The van der Waals surface area contributed by atoms with Gasteiger partial charge in [-0.15, -0.1) is 0 Å². The molecule has 0 aromatic heterocycles. The normalized spacial score (nSPS) is 29.0. The number of aliphatic imine (C=N–C) groups is 1. The van der Waals surface area contributed by atoms with Crippen molar-refractivity contribution >= 4 is 5.96 Å². The van der Waals surface area contributed by atoms with Gasteiger partial charge in [-0.3, -0.25) is 9.89 Å². The monoisotopic (exact) mass is 352 g/mol. The lowest BCUT2D eigenvalue weighted by Gasteiger charge is -2.40. The van der Waals surface area contributed by atoms with Crippen LogP contribution in [0.25, 0.3) is 0 Å². The Morgan fingerprint density at radius 3 is 2.68 bits per heavy atom. The highest BCUT2D eigenvalue weighted by Gasteiger charge is 2.35. The molecule has 5 nitrogen and oxygen atoms in total. The fraction of sp³-hybridized carbons (Fsp3) is 0.950. The van der Waals surface area contributed by atoms with Crippen LogP contribution in [0.4, 0.5) is 0 Å². The first kappa shape index (κ1) is 20.5. The van der Waals surface area contributed by atoms with E-state index in [0.29, 0.717) is 18.1 Å². The highest BCUT2D eigenvalue weighted by atomic mass is 16.5. The summed E-state index contributed by atoms with van der Waals surface area (Å²) in [7, 11) is 4.06. The first-order chi connectivity index (χ1) is 11.9. The number of hydrogen-bond acceptors (Lipinski definition) is 3. The molecule has 2 fully saturated rings. The molecule has 0 bridgehead atoms. The van der Waals surface area contributed by atoms with Crippen LogP contribution in [0.15, 0.2) is 4.99 Å². The van der Waals surface area contributed by atoms with E-state index in [1.165, 1.54) is 32.2 Å². The molecule has 3 unspecified atom stereocenters. The van der Waals surface area contributed by atoms with Gasteiger partial charge in [-0.2, -0.15) is 0 Å². The van der Waals surface area contributed by atoms with Crippen LogP contribution in [-0.2, 0) is 4.74 Å². The molecular weight excluding hydrogens is 312 g/mol. The van der Waals surface area contributed by atoms with Crippen LogP contribution in [0.5, 0.6) is 0 Å². The topological polar surface area (TPSA) is 40.1 Å². The minimum absolute atomic E-state index is 0.188. The molecule has 0 amide bonds. The first-order valence-corrected chi connectivity index (χ1v) is 10.1. The number of likely N-dealkylation sites (N-methyl/N-ethyl adjacent to an activating group) is 2. The van der Waals surface area contributed by atoms with Crippen LogP contribution in [0.1, 0.15) is 53.4 Å². The Balaban J connectivity index is 1.88. The summed E-state index contributed by atoms with van der Waals surface area (Å²) in [6.45, 7) is 14.4. The third-order valence-electron chi connectivity index (χ3n) is 5.78. The summed E-state index contributed by atoms with van der Waals surface area (Å²) >= 11 is 0. The number of nitrogens with one attached hydrogen (secondary N) is 1. The molecule has 2 aliphatic rings. The summed E-state index contributed by atoms with van der Waals surface area (Å²) in [6.07, 6.45) is 5.36. The van der Waals surface area contributed by atoms with Gasteiger partial charge >= 0.3 is 0 Å². The summed E-state index contributed by atoms with van der Waals surface area (Å²) in [6, 6.07) is 0.661. The SMILES string of the molecule is CCN1CCCC1CN(C)C(=NC)NCC1CCCOC1C(C)(C)C. The molecule has 2 rings (SSSR count). The Hall–Kier alpha value is -0.810. The zero-order valence-corrected chi connectivity index (χ0v) is 17.3. The van der Waals surface area contributed by atoms with E-state index in [-0.39, 0.29) is 5.41 Å². The average Bonchev–Trinajstić information content (AvgIpc) is 3.02. The van der Waals surface area contributed by atoms with Crippen molar-refractivity contribution in [2.45, 2.75) is 65.5 Å². The Morgan fingerprint density at radius 2 is 2.04 bits per heavy atom. The molecule has 2 heterocycles. The van der Waals surface area contributed by atoms with Crippen molar-refractivity contribution in [3.8, 4) is 0 Å². The van der Waals surface area contributed by atoms with Crippen molar-refractivity contribution in [3.05, 3.63) is 0 Å². The van der Waals surface area contributed by atoms with E-state index in [1.807, 2.05) is 7.05 Å². The molecule has 2 aliphatic heterocycles. The van der Waals surface area contributed by atoms with Gasteiger partial charge in [0.2, 0.25) is 0 Å². The second-order valence-corrected chi connectivity index (χ2v) is 8.79. The maximum Gasteiger partial charge on any atom is 0.193 e. The minimum Gasteiger partial charge on any atom is -0.377 e. The molecular formula is C20H40N4O. The van der Waals surface area contributed by atoms with Crippen molar-refractivity contribution in [2.24, 2.45) is 16.3 Å². The van der Waals surface area contributed by atoms with E-state index in [2.05, 4.69) is 54.9 Å². The lowest BCUT2D eigenvalue weighted by molar-refractivity contribution is -0.0836. The fourth-order valence-electron chi connectivity index (χ4n) is 4.54. The van der Waals surface area contributed by atoms with Gasteiger partial charge in [0.05, 0.1) is 6.10 Å². The number of rotatable bonds is 5. The summed E-state index contributed by atoms with van der Waals surface area (Å²) < 4.78 is 6.12. The van der Waals surface area contributed by atoms with Crippen molar-refractivity contribution in [3.63, 3.8) is 0 Å². The quantitative estimate of drug-likeness (QED) is 0.610. The Bertz CT molecular complexity index is 432.